The van der Waals surface area contributed by atoms with Gasteiger partial charge >= 0.3 is 5.63 Å². The first kappa shape index (κ1) is 21.6. The van der Waals surface area contributed by atoms with E-state index in [2.05, 4.69) is 5.32 Å². The van der Waals surface area contributed by atoms with E-state index in [4.69, 9.17) is 4.42 Å². The van der Waals surface area contributed by atoms with Crippen LogP contribution in [0.2, 0.25) is 0 Å². The van der Waals surface area contributed by atoms with E-state index >= 15 is 0 Å². The largest absolute Gasteiger partial charge is 0.422 e. The standard InChI is InChI=1S/C25H22N2O4S/c1-15-12-21-22(24(29)27(15)14-18-8-5-4-6-9-18)16(2)23(25(30)31-21)32-20-11-7-10-19(13-20)26-17(3)28/h4-13H,14H2,1-3H3,(H,26,28). The van der Waals surface area contributed by atoms with Crippen molar-refractivity contribution in [3.63, 3.8) is 0 Å². The number of nitrogens with zero attached hydrogens (tertiary/aromatic N) is 1. The molecule has 0 saturated heterocycles. The van der Waals surface area contributed by atoms with Gasteiger partial charge in [0.05, 0.1) is 11.9 Å². The molecule has 2 heterocycles. The Bertz CT molecular complexity index is 1440. The van der Waals surface area contributed by atoms with Crippen molar-refractivity contribution >= 4 is 34.3 Å². The minimum atomic E-state index is -0.496. The van der Waals surface area contributed by atoms with Gasteiger partial charge in [0, 0.05) is 29.3 Å². The van der Waals surface area contributed by atoms with Crippen LogP contribution in [-0.2, 0) is 11.3 Å². The second kappa shape index (κ2) is 8.88. The minimum absolute atomic E-state index is 0.178. The zero-order valence-corrected chi connectivity index (χ0v) is 18.8. The molecule has 0 bridgehead atoms. The summed E-state index contributed by atoms with van der Waals surface area (Å²) in [6.45, 7) is 5.46. The van der Waals surface area contributed by atoms with Gasteiger partial charge in [-0.1, -0.05) is 48.2 Å². The molecule has 0 radical (unpaired) electrons. The smallest absolute Gasteiger partial charge is 0.350 e. The van der Waals surface area contributed by atoms with Crippen molar-refractivity contribution < 1.29 is 9.21 Å². The van der Waals surface area contributed by atoms with Crippen molar-refractivity contribution in [2.75, 3.05) is 5.32 Å². The number of pyridine rings is 1. The molecule has 4 rings (SSSR count). The topological polar surface area (TPSA) is 81.3 Å². The Hall–Kier alpha value is -3.58. The van der Waals surface area contributed by atoms with Crippen molar-refractivity contribution in [3.8, 4) is 0 Å². The maximum atomic E-state index is 13.4. The van der Waals surface area contributed by atoms with Gasteiger partial charge in [-0.05, 0) is 43.2 Å². The van der Waals surface area contributed by atoms with E-state index in [9.17, 15) is 14.4 Å². The van der Waals surface area contributed by atoms with E-state index in [0.29, 0.717) is 28.1 Å². The Morgan fingerprint density at radius 2 is 1.78 bits per heavy atom. The summed E-state index contributed by atoms with van der Waals surface area (Å²) in [4.78, 5) is 38.6. The molecule has 1 amide bonds. The highest BCUT2D eigenvalue weighted by Gasteiger charge is 2.18. The van der Waals surface area contributed by atoms with E-state index in [1.165, 1.54) is 18.7 Å². The van der Waals surface area contributed by atoms with Crippen LogP contribution in [0.3, 0.4) is 0 Å². The predicted molar refractivity (Wildman–Crippen MR) is 127 cm³/mol. The van der Waals surface area contributed by atoms with Crippen molar-refractivity contribution in [1.29, 1.82) is 0 Å². The third-order valence-corrected chi connectivity index (χ3v) is 6.30. The van der Waals surface area contributed by atoms with E-state index < -0.39 is 5.63 Å². The monoisotopic (exact) mass is 446 g/mol. The van der Waals surface area contributed by atoms with Gasteiger partial charge in [0.15, 0.2) is 0 Å². The van der Waals surface area contributed by atoms with E-state index in [-0.39, 0.29) is 17.0 Å². The van der Waals surface area contributed by atoms with Crippen LogP contribution in [0.15, 0.2) is 84.5 Å². The summed E-state index contributed by atoms with van der Waals surface area (Å²) in [5.74, 6) is -0.178. The summed E-state index contributed by atoms with van der Waals surface area (Å²) in [6, 6.07) is 18.7. The lowest BCUT2D eigenvalue weighted by molar-refractivity contribution is -0.114. The second-order valence-corrected chi connectivity index (χ2v) is 8.64. The number of aryl methyl sites for hydroxylation is 2. The lowest BCUT2D eigenvalue weighted by atomic mass is 10.1. The highest BCUT2D eigenvalue weighted by atomic mass is 32.2. The zero-order chi connectivity index (χ0) is 22.8. The summed E-state index contributed by atoms with van der Waals surface area (Å²) in [7, 11) is 0. The van der Waals surface area contributed by atoms with Gasteiger partial charge in [0.1, 0.15) is 10.5 Å². The first-order valence-electron chi connectivity index (χ1n) is 10.1. The maximum absolute atomic E-state index is 13.4. The first-order chi connectivity index (χ1) is 15.3. The van der Waals surface area contributed by atoms with Crippen LogP contribution in [0.25, 0.3) is 11.0 Å². The molecular formula is C25H22N2O4S. The van der Waals surface area contributed by atoms with Crippen molar-refractivity contribution in [2.45, 2.75) is 37.1 Å². The number of nitrogens with one attached hydrogen (secondary N) is 1. The second-order valence-electron chi connectivity index (χ2n) is 7.56. The lowest BCUT2D eigenvalue weighted by Gasteiger charge is -2.14. The van der Waals surface area contributed by atoms with Gasteiger partial charge in [0.2, 0.25) is 5.91 Å². The first-order valence-corrected chi connectivity index (χ1v) is 10.9. The quantitative estimate of drug-likeness (QED) is 0.479. The van der Waals surface area contributed by atoms with Gasteiger partial charge in [-0.15, -0.1) is 0 Å². The number of rotatable bonds is 5. The van der Waals surface area contributed by atoms with Crippen LogP contribution in [0.1, 0.15) is 23.7 Å². The highest BCUT2D eigenvalue weighted by molar-refractivity contribution is 7.99. The van der Waals surface area contributed by atoms with Gasteiger partial charge in [-0.25, -0.2) is 4.79 Å². The van der Waals surface area contributed by atoms with Crippen LogP contribution >= 0.6 is 11.8 Å². The maximum Gasteiger partial charge on any atom is 0.350 e. The normalized spacial score (nSPS) is 11.0. The third kappa shape index (κ3) is 4.38. The van der Waals surface area contributed by atoms with Crippen LogP contribution in [0.4, 0.5) is 5.69 Å². The number of carbonyl (C=O) groups is 1. The Balaban J connectivity index is 1.81. The molecule has 1 N–H and O–H groups in total. The van der Waals surface area contributed by atoms with Gasteiger partial charge in [-0.2, -0.15) is 0 Å². The molecule has 0 saturated carbocycles. The molecule has 0 atom stereocenters. The van der Waals surface area contributed by atoms with Crippen LogP contribution in [0.5, 0.6) is 0 Å². The Labute approximate surface area is 188 Å². The molecule has 6 nitrogen and oxygen atoms in total. The zero-order valence-electron chi connectivity index (χ0n) is 18.0. The summed E-state index contributed by atoms with van der Waals surface area (Å²) in [5.41, 5.74) is 2.54. The summed E-state index contributed by atoms with van der Waals surface area (Å²) in [5, 5.41) is 3.12. The van der Waals surface area contributed by atoms with Crippen LogP contribution in [-0.4, -0.2) is 10.5 Å². The Kier molecular flexibility index (Phi) is 6.01. The highest BCUT2D eigenvalue weighted by Crippen LogP contribution is 2.32. The molecule has 162 valence electrons. The fourth-order valence-corrected chi connectivity index (χ4v) is 4.57. The number of hydrogen-bond donors (Lipinski definition) is 1. The van der Waals surface area contributed by atoms with Gasteiger partial charge in [-0.3, -0.25) is 9.59 Å². The van der Waals surface area contributed by atoms with E-state index in [1.54, 1.807) is 35.8 Å². The van der Waals surface area contributed by atoms with Gasteiger partial charge < -0.3 is 14.3 Å². The number of fused-ring (bicyclic) bond motifs is 1. The molecule has 2 aromatic carbocycles. The van der Waals surface area contributed by atoms with Crippen molar-refractivity contribution in [1.82, 2.24) is 4.57 Å². The Morgan fingerprint density at radius 3 is 2.50 bits per heavy atom. The third-order valence-electron chi connectivity index (χ3n) is 5.13. The van der Waals surface area contributed by atoms with Crippen molar-refractivity contribution in [3.05, 3.63) is 98.3 Å². The fourth-order valence-electron chi connectivity index (χ4n) is 3.62. The van der Waals surface area contributed by atoms with Gasteiger partial charge in [0.25, 0.3) is 5.56 Å². The van der Waals surface area contributed by atoms with E-state index in [0.717, 1.165) is 16.2 Å². The SMILES string of the molecule is CC(=O)Nc1cccc(Sc2c(C)c3c(=O)n(Cc4ccccc4)c(C)cc3oc2=O)c1. The molecule has 0 fully saturated rings. The predicted octanol–water partition coefficient (Wildman–Crippen LogP) is 4.73. The molecule has 4 aromatic rings. The molecule has 0 aliphatic carbocycles. The number of benzene rings is 2. The molecule has 0 unspecified atom stereocenters. The average Bonchev–Trinajstić information content (AvgIpc) is 2.74. The average molecular weight is 447 g/mol. The molecule has 0 spiro atoms. The summed E-state index contributed by atoms with van der Waals surface area (Å²) in [6.07, 6.45) is 0. The van der Waals surface area contributed by atoms with E-state index in [1.807, 2.05) is 43.3 Å². The number of hydrogen-bond acceptors (Lipinski definition) is 5. The molecule has 0 aliphatic rings. The van der Waals surface area contributed by atoms with Crippen LogP contribution < -0.4 is 16.5 Å². The van der Waals surface area contributed by atoms with Crippen molar-refractivity contribution in [2.24, 2.45) is 0 Å². The molecule has 0 aliphatic heterocycles. The molecule has 7 heteroatoms. The lowest BCUT2D eigenvalue weighted by Crippen LogP contribution is -2.24. The number of amides is 1. The molecule has 32 heavy (non-hydrogen) atoms. The number of carbonyl (C=O) groups excluding carboxylic acids is 1. The number of aromatic nitrogens is 1. The molecular weight excluding hydrogens is 424 g/mol. The minimum Gasteiger partial charge on any atom is -0.422 e. The summed E-state index contributed by atoms with van der Waals surface area (Å²) >= 11 is 1.21. The summed E-state index contributed by atoms with van der Waals surface area (Å²) < 4.78 is 7.24. The number of anilines is 1. The van der Waals surface area contributed by atoms with Crippen LogP contribution in [0, 0.1) is 13.8 Å². The fraction of sp³-hybridized carbons (Fsp3) is 0.160. The molecule has 2 aromatic heterocycles. The Morgan fingerprint density at radius 1 is 1.03 bits per heavy atom.